The van der Waals surface area contributed by atoms with Crippen molar-refractivity contribution in [2.75, 3.05) is 0 Å². The Kier molecular flexibility index (Phi) is 3.09. The molecule has 0 saturated carbocycles. The maximum Gasteiger partial charge on any atom is 0.153 e. The van der Waals surface area contributed by atoms with Crippen LogP contribution in [0.15, 0.2) is 54.9 Å². The van der Waals surface area contributed by atoms with Gasteiger partial charge in [-0.2, -0.15) is 5.10 Å². The Hall–Kier alpha value is -2.82. The lowest BCUT2D eigenvalue weighted by molar-refractivity contribution is 0.112. The van der Waals surface area contributed by atoms with Gasteiger partial charge >= 0.3 is 0 Å². The fourth-order valence-electron chi connectivity index (χ4n) is 1.90. The number of rotatable bonds is 3. The van der Waals surface area contributed by atoms with Crippen LogP contribution in [0.3, 0.4) is 0 Å². The highest BCUT2D eigenvalue weighted by molar-refractivity contribution is 5.84. The minimum atomic E-state index is -0.318. The lowest BCUT2D eigenvalue weighted by atomic mass is 10.2. The van der Waals surface area contributed by atoms with E-state index in [0.717, 1.165) is 6.29 Å². The van der Waals surface area contributed by atoms with Crippen molar-refractivity contribution < 1.29 is 9.18 Å². The first-order chi connectivity index (χ1) is 9.78. The number of halogens is 1. The molecule has 3 rings (SSSR count). The number of hydrogen-bond acceptors (Lipinski definition) is 3. The second-order valence-corrected chi connectivity index (χ2v) is 4.19. The van der Waals surface area contributed by atoms with Crippen LogP contribution in [0, 0.1) is 5.82 Å². The molecule has 0 aliphatic heterocycles. The van der Waals surface area contributed by atoms with E-state index in [0.29, 0.717) is 22.6 Å². The van der Waals surface area contributed by atoms with Crippen molar-refractivity contribution in [1.82, 2.24) is 14.8 Å². The summed E-state index contributed by atoms with van der Waals surface area (Å²) < 4.78 is 14.5. The second-order valence-electron chi connectivity index (χ2n) is 4.19. The summed E-state index contributed by atoms with van der Waals surface area (Å²) in [5.41, 5.74) is 2.24. The number of carbonyl (C=O) groups is 1. The van der Waals surface area contributed by atoms with Crippen LogP contribution in [0.4, 0.5) is 4.39 Å². The van der Waals surface area contributed by atoms with Gasteiger partial charge in [-0.3, -0.25) is 9.78 Å². The largest absolute Gasteiger partial charge is 0.298 e. The van der Waals surface area contributed by atoms with Crippen molar-refractivity contribution in [1.29, 1.82) is 0 Å². The van der Waals surface area contributed by atoms with E-state index in [-0.39, 0.29) is 5.82 Å². The molecule has 0 aliphatic carbocycles. The molecule has 0 atom stereocenters. The van der Waals surface area contributed by atoms with Gasteiger partial charge in [0.2, 0.25) is 0 Å². The van der Waals surface area contributed by atoms with E-state index in [9.17, 15) is 9.18 Å². The molecule has 2 heterocycles. The maximum absolute atomic E-state index is 12.9. The topological polar surface area (TPSA) is 47.8 Å². The molecule has 4 nitrogen and oxygen atoms in total. The third kappa shape index (κ3) is 2.21. The molecule has 0 spiro atoms. The fourth-order valence-corrected chi connectivity index (χ4v) is 1.90. The highest BCUT2D eigenvalue weighted by Crippen LogP contribution is 2.20. The van der Waals surface area contributed by atoms with Crippen LogP contribution < -0.4 is 0 Å². The first-order valence-electron chi connectivity index (χ1n) is 6.00. The molecule has 0 amide bonds. The molecular weight excluding hydrogens is 257 g/mol. The van der Waals surface area contributed by atoms with E-state index in [4.69, 9.17) is 0 Å². The van der Waals surface area contributed by atoms with Crippen LogP contribution in [0.2, 0.25) is 0 Å². The summed E-state index contributed by atoms with van der Waals surface area (Å²) in [5, 5.41) is 4.35. The molecule has 0 saturated heterocycles. The van der Waals surface area contributed by atoms with E-state index < -0.39 is 0 Å². The average Bonchev–Trinajstić information content (AvgIpc) is 2.93. The van der Waals surface area contributed by atoms with Crippen molar-refractivity contribution in [2.45, 2.75) is 0 Å². The van der Waals surface area contributed by atoms with Gasteiger partial charge in [0.25, 0.3) is 0 Å². The highest BCUT2D eigenvalue weighted by Gasteiger charge is 2.12. The van der Waals surface area contributed by atoms with Crippen molar-refractivity contribution in [3.05, 3.63) is 66.2 Å². The summed E-state index contributed by atoms with van der Waals surface area (Å²) >= 11 is 0. The van der Waals surface area contributed by atoms with E-state index >= 15 is 0 Å². The zero-order chi connectivity index (χ0) is 13.9. The Morgan fingerprint density at radius 2 is 1.90 bits per heavy atom. The number of nitrogens with zero attached hydrogens (tertiary/aromatic N) is 3. The van der Waals surface area contributed by atoms with Gasteiger partial charge in [-0.05, 0) is 36.4 Å². The fraction of sp³-hybridized carbons (Fsp3) is 0. The van der Waals surface area contributed by atoms with Crippen LogP contribution in [-0.2, 0) is 0 Å². The van der Waals surface area contributed by atoms with E-state index in [1.807, 2.05) is 6.07 Å². The summed E-state index contributed by atoms with van der Waals surface area (Å²) in [5.74, 6) is -0.318. The van der Waals surface area contributed by atoms with Crippen molar-refractivity contribution in [2.24, 2.45) is 0 Å². The Balaban J connectivity index is 2.09. The summed E-state index contributed by atoms with van der Waals surface area (Å²) in [6.45, 7) is 0. The number of carbonyl (C=O) groups excluding carboxylic acids is 1. The molecule has 1 aromatic carbocycles. The monoisotopic (exact) mass is 267 g/mol. The number of pyridine rings is 1. The summed E-state index contributed by atoms with van der Waals surface area (Å²) in [4.78, 5) is 15.3. The van der Waals surface area contributed by atoms with Crippen LogP contribution >= 0.6 is 0 Å². The molecule has 20 heavy (non-hydrogen) atoms. The van der Waals surface area contributed by atoms with Gasteiger partial charge in [0.15, 0.2) is 6.29 Å². The van der Waals surface area contributed by atoms with Crippen molar-refractivity contribution in [3.8, 4) is 17.1 Å². The van der Waals surface area contributed by atoms with Crippen LogP contribution in [0.5, 0.6) is 0 Å². The van der Waals surface area contributed by atoms with E-state index in [1.165, 1.54) is 16.8 Å². The molecule has 3 aromatic rings. The number of aldehydes is 1. The molecule has 98 valence electrons. The maximum atomic E-state index is 12.9. The molecule has 0 bridgehead atoms. The molecule has 0 unspecified atom stereocenters. The van der Waals surface area contributed by atoms with Gasteiger partial charge in [-0.15, -0.1) is 0 Å². The second kappa shape index (κ2) is 5.05. The molecule has 2 aromatic heterocycles. The summed E-state index contributed by atoms with van der Waals surface area (Å²) in [7, 11) is 0. The van der Waals surface area contributed by atoms with Crippen molar-refractivity contribution in [3.63, 3.8) is 0 Å². The first-order valence-corrected chi connectivity index (χ1v) is 6.00. The summed E-state index contributed by atoms with van der Waals surface area (Å²) in [6, 6.07) is 11.3. The Morgan fingerprint density at radius 3 is 2.55 bits per heavy atom. The van der Waals surface area contributed by atoms with E-state index in [1.54, 1.807) is 36.7 Å². The zero-order valence-corrected chi connectivity index (χ0v) is 10.4. The van der Waals surface area contributed by atoms with Gasteiger partial charge in [0.05, 0.1) is 16.9 Å². The predicted octanol–water partition coefficient (Wildman–Crippen LogP) is 2.89. The van der Waals surface area contributed by atoms with Crippen molar-refractivity contribution >= 4 is 6.29 Å². The lowest BCUT2D eigenvalue weighted by Gasteiger charge is -2.00. The molecule has 5 heteroatoms. The van der Waals surface area contributed by atoms with Gasteiger partial charge in [0.1, 0.15) is 11.5 Å². The molecule has 0 aliphatic rings. The third-order valence-electron chi connectivity index (χ3n) is 2.87. The van der Waals surface area contributed by atoms with Gasteiger partial charge in [-0.1, -0.05) is 6.07 Å². The molecular formula is C15H10FN3O. The number of benzene rings is 1. The number of aromatic nitrogens is 3. The standard InChI is InChI=1S/C15H10FN3O/c16-12-4-6-13(7-5-12)19-9-11(10-20)15(18-19)14-3-1-2-8-17-14/h1-10H. The Morgan fingerprint density at radius 1 is 1.10 bits per heavy atom. The lowest BCUT2D eigenvalue weighted by Crippen LogP contribution is -1.95. The van der Waals surface area contributed by atoms with Gasteiger partial charge < -0.3 is 0 Å². The minimum Gasteiger partial charge on any atom is -0.298 e. The van der Waals surface area contributed by atoms with Crippen LogP contribution in [-0.4, -0.2) is 21.1 Å². The quantitative estimate of drug-likeness (QED) is 0.685. The number of hydrogen-bond donors (Lipinski definition) is 0. The van der Waals surface area contributed by atoms with Gasteiger partial charge in [0, 0.05) is 12.4 Å². The smallest absolute Gasteiger partial charge is 0.153 e. The van der Waals surface area contributed by atoms with E-state index in [2.05, 4.69) is 10.1 Å². The minimum absolute atomic E-state index is 0.318. The first kappa shape index (κ1) is 12.2. The molecule has 0 fully saturated rings. The summed E-state index contributed by atoms with van der Waals surface area (Å²) in [6.07, 6.45) is 3.97. The predicted molar refractivity (Wildman–Crippen MR) is 72.1 cm³/mol. The van der Waals surface area contributed by atoms with Crippen LogP contribution in [0.1, 0.15) is 10.4 Å². The zero-order valence-electron chi connectivity index (χ0n) is 10.4. The Labute approximate surface area is 114 Å². The highest BCUT2D eigenvalue weighted by atomic mass is 19.1. The Bertz CT molecular complexity index is 736. The molecule has 0 radical (unpaired) electrons. The normalized spacial score (nSPS) is 10.4. The average molecular weight is 267 g/mol. The SMILES string of the molecule is O=Cc1cn(-c2ccc(F)cc2)nc1-c1ccccn1. The molecule has 0 N–H and O–H groups in total. The van der Waals surface area contributed by atoms with Gasteiger partial charge in [-0.25, -0.2) is 9.07 Å². The van der Waals surface area contributed by atoms with Crippen LogP contribution in [0.25, 0.3) is 17.1 Å². The third-order valence-corrected chi connectivity index (χ3v) is 2.87.